The van der Waals surface area contributed by atoms with E-state index in [0.29, 0.717) is 0 Å². The minimum Gasteiger partial charge on any atom is -0.369 e. The molecule has 0 saturated carbocycles. The van der Waals surface area contributed by atoms with E-state index in [2.05, 4.69) is 28.2 Å². The fourth-order valence-electron chi connectivity index (χ4n) is 1.98. The van der Waals surface area contributed by atoms with Crippen molar-refractivity contribution in [3.63, 3.8) is 0 Å². The molecule has 1 aliphatic rings. The quantitative estimate of drug-likeness (QED) is 0.813. The van der Waals surface area contributed by atoms with Crippen LogP contribution in [0.15, 0.2) is 18.3 Å². The van der Waals surface area contributed by atoms with Crippen molar-refractivity contribution in [2.75, 3.05) is 31.5 Å². The summed E-state index contributed by atoms with van der Waals surface area (Å²) in [5.41, 5.74) is 1.26. The van der Waals surface area contributed by atoms with Crippen LogP contribution in [-0.4, -0.2) is 36.1 Å². The standard InChI is InChI=1S/C12H19N3/c1-11-4-5-13-12(10-11)14-6-9-15-7-2-3-8-15/h4-5,10H,2-3,6-9H2,1H3,(H,13,14). The van der Waals surface area contributed by atoms with Crippen LogP contribution >= 0.6 is 0 Å². The summed E-state index contributed by atoms with van der Waals surface area (Å²) in [5, 5.41) is 3.36. The molecule has 2 rings (SSSR count). The van der Waals surface area contributed by atoms with Crippen molar-refractivity contribution >= 4 is 5.82 Å². The minimum atomic E-state index is 0.995. The Hall–Kier alpha value is -1.09. The smallest absolute Gasteiger partial charge is 0.126 e. The lowest BCUT2D eigenvalue weighted by atomic mass is 10.3. The lowest BCUT2D eigenvalue weighted by Crippen LogP contribution is -2.26. The van der Waals surface area contributed by atoms with E-state index in [-0.39, 0.29) is 0 Å². The molecule has 15 heavy (non-hydrogen) atoms. The number of hydrogen-bond acceptors (Lipinski definition) is 3. The normalized spacial score (nSPS) is 16.9. The van der Waals surface area contributed by atoms with Gasteiger partial charge in [-0.1, -0.05) is 0 Å². The zero-order valence-electron chi connectivity index (χ0n) is 9.37. The summed E-state index contributed by atoms with van der Waals surface area (Å²) in [4.78, 5) is 6.78. The third-order valence-corrected chi connectivity index (χ3v) is 2.85. The first-order valence-corrected chi connectivity index (χ1v) is 5.73. The Morgan fingerprint density at radius 3 is 2.93 bits per heavy atom. The molecule has 0 aromatic carbocycles. The van der Waals surface area contributed by atoms with Gasteiger partial charge in [-0.05, 0) is 50.6 Å². The van der Waals surface area contributed by atoms with E-state index in [9.17, 15) is 0 Å². The topological polar surface area (TPSA) is 28.2 Å². The maximum absolute atomic E-state index is 4.27. The van der Waals surface area contributed by atoms with Gasteiger partial charge in [-0.3, -0.25) is 0 Å². The van der Waals surface area contributed by atoms with Crippen LogP contribution in [0.5, 0.6) is 0 Å². The van der Waals surface area contributed by atoms with Crippen molar-refractivity contribution in [3.05, 3.63) is 23.9 Å². The number of pyridine rings is 1. The van der Waals surface area contributed by atoms with Gasteiger partial charge in [-0.25, -0.2) is 4.98 Å². The predicted molar refractivity (Wildman–Crippen MR) is 63.1 cm³/mol. The van der Waals surface area contributed by atoms with Gasteiger partial charge in [0.15, 0.2) is 0 Å². The van der Waals surface area contributed by atoms with Gasteiger partial charge in [-0.15, -0.1) is 0 Å². The van der Waals surface area contributed by atoms with Gasteiger partial charge in [0.05, 0.1) is 0 Å². The van der Waals surface area contributed by atoms with E-state index >= 15 is 0 Å². The molecule has 0 aliphatic carbocycles. The molecule has 0 radical (unpaired) electrons. The summed E-state index contributed by atoms with van der Waals surface area (Å²) in [6.07, 6.45) is 4.58. The van der Waals surface area contributed by atoms with Crippen LogP contribution in [-0.2, 0) is 0 Å². The number of hydrogen-bond donors (Lipinski definition) is 1. The fourth-order valence-corrected chi connectivity index (χ4v) is 1.98. The summed E-state index contributed by atoms with van der Waals surface area (Å²) >= 11 is 0. The van der Waals surface area contributed by atoms with E-state index in [1.165, 1.54) is 31.5 Å². The third kappa shape index (κ3) is 3.20. The highest BCUT2D eigenvalue weighted by atomic mass is 15.2. The van der Waals surface area contributed by atoms with Crippen molar-refractivity contribution in [1.29, 1.82) is 0 Å². The number of nitrogens with zero attached hydrogens (tertiary/aromatic N) is 2. The highest BCUT2D eigenvalue weighted by molar-refractivity contribution is 5.36. The van der Waals surface area contributed by atoms with Gasteiger partial charge in [0.2, 0.25) is 0 Å². The molecular formula is C12H19N3. The molecule has 0 amide bonds. The van der Waals surface area contributed by atoms with Crippen LogP contribution in [0.2, 0.25) is 0 Å². The van der Waals surface area contributed by atoms with Gasteiger partial charge in [0, 0.05) is 19.3 Å². The molecule has 1 aliphatic heterocycles. The largest absolute Gasteiger partial charge is 0.369 e. The van der Waals surface area contributed by atoms with Gasteiger partial charge in [-0.2, -0.15) is 0 Å². The van der Waals surface area contributed by atoms with E-state index in [1.807, 2.05) is 12.3 Å². The lowest BCUT2D eigenvalue weighted by molar-refractivity contribution is 0.352. The minimum absolute atomic E-state index is 0.995. The Morgan fingerprint density at radius 2 is 2.20 bits per heavy atom. The van der Waals surface area contributed by atoms with E-state index in [4.69, 9.17) is 0 Å². The van der Waals surface area contributed by atoms with Crippen LogP contribution in [0.1, 0.15) is 18.4 Å². The second-order valence-corrected chi connectivity index (χ2v) is 4.19. The Morgan fingerprint density at radius 1 is 1.40 bits per heavy atom. The zero-order valence-corrected chi connectivity index (χ0v) is 9.37. The fraction of sp³-hybridized carbons (Fsp3) is 0.583. The monoisotopic (exact) mass is 205 g/mol. The van der Waals surface area contributed by atoms with Gasteiger partial charge < -0.3 is 10.2 Å². The molecule has 1 saturated heterocycles. The molecule has 0 bridgehead atoms. The van der Waals surface area contributed by atoms with Crippen LogP contribution < -0.4 is 5.32 Å². The third-order valence-electron chi connectivity index (χ3n) is 2.85. The summed E-state index contributed by atoms with van der Waals surface area (Å²) in [6.45, 7) is 6.76. The molecule has 1 fully saturated rings. The second-order valence-electron chi connectivity index (χ2n) is 4.19. The summed E-state index contributed by atoms with van der Waals surface area (Å²) in [7, 11) is 0. The molecule has 0 spiro atoms. The number of nitrogens with one attached hydrogen (secondary N) is 1. The van der Waals surface area contributed by atoms with E-state index < -0.39 is 0 Å². The van der Waals surface area contributed by atoms with Crippen LogP contribution in [0.4, 0.5) is 5.82 Å². The van der Waals surface area contributed by atoms with Crippen molar-refractivity contribution in [3.8, 4) is 0 Å². The summed E-state index contributed by atoms with van der Waals surface area (Å²) in [5.74, 6) is 0.995. The molecule has 1 aromatic heterocycles. The predicted octanol–water partition coefficient (Wildman–Crippen LogP) is 1.90. The average Bonchev–Trinajstić information content (AvgIpc) is 2.71. The Labute approximate surface area is 91.5 Å². The first-order valence-electron chi connectivity index (χ1n) is 5.73. The van der Waals surface area contributed by atoms with Crippen LogP contribution in [0.3, 0.4) is 0 Å². The van der Waals surface area contributed by atoms with Gasteiger partial charge >= 0.3 is 0 Å². The van der Waals surface area contributed by atoms with Gasteiger partial charge in [0.25, 0.3) is 0 Å². The molecule has 0 atom stereocenters. The maximum atomic E-state index is 4.27. The molecule has 82 valence electrons. The molecule has 0 unspecified atom stereocenters. The molecule has 1 N–H and O–H groups in total. The molecular weight excluding hydrogens is 186 g/mol. The van der Waals surface area contributed by atoms with Crippen molar-refractivity contribution in [1.82, 2.24) is 9.88 Å². The number of rotatable bonds is 4. The first kappa shape index (κ1) is 10.4. The molecule has 1 aromatic rings. The first-order chi connectivity index (χ1) is 7.34. The highest BCUT2D eigenvalue weighted by Crippen LogP contribution is 2.07. The zero-order chi connectivity index (χ0) is 10.5. The summed E-state index contributed by atoms with van der Waals surface area (Å²) in [6, 6.07) is 4.11. The van der Waals surface area contributed by atoms with Crippen molar-refractivity contribution in [2.45, 2.75) is 19.8 Å². The highest BCUT2D eigenvalue weighted by Gasteiger charge is 2.09. The Kier molecular flexibility index (Phi) is 3.56. The lowest BCUT2D eigenvalue weighted by Gasteiger charge is -2.14. The van der Waals surface area contributed by atoms with Crippen molar-refractivity contribution < 1.29 is 0 Å². The Bertz CT molecular complexity index is 305. The average molecular weight is 205 g/mol. The van der Waals surface area contributed by atoms with Crippen LogP contribution in [0.25, 0.3) is 0 Å². The second kappa shape index (κ2) is 5.12. The van der Waals surface area contributed by atoms with Crippen LogP contribution in [0, 0.1) is 6.92 Å². The molecule has 2 heterocycles. The number of anilines is 1. The molecule has 3 nitrogen and oxygen atoms in total. The number of aromatic nitrogens is 1. The van der Waals surface area contributed by atoms with Crippen molar-refractivity contribution in [2.24, 2.45) is 0 Å². The maximum Gasteiger partial charge on any atom is 0.126 e. The van der Waals surface area contributed by atoms with E-state index in [0.717, 1.165) is 18.9 Å². The molecule has 3 heteroatoms. The number of likely N-dealkylation sites (tertiary alicyclic amines) is 1. The Balaban J connectivity index is 1.73. The van der Waals surface area contributed by atoms with E-state index in [1.54, 1.807) is 0 Å². The summed E-state index contributed by atoms with van der Waals surface area (Å²) < 4.78 is 0. The SMILES string of the molecule is Cc1ccnc(NCCN2CCCC2)c1. The number of aryl methyl sites for hydroxylation is 1. The van der Waals surface area contributed by atoms with Gasteiger partial charge in [0.1, 0.15) is 5.82 Å².